The van der Waals surface area contributed by atoms with Crippen molar-refractivity contribution in [3.63, 3.8) is 0 Å². The van der Waals surface area contributed by atoms with Gasteiger partial charge in [0, 0.05) is 23.3 Å². The number of fused-ring (bicyclic) bond motifs is 1. The number of hydrogen-bond acceptors (Lipinski definition) is 5. The lowest BCUT2D eigenvalue weighted by molar-refractivity contribution is 0.0938. The number of hydrogen-bond donors (Lipinski definition) is 1. The maximum absolute atomic E-state index is 12.5. The van der Waals surface area contributed by atoms with Crippen LogP contribution in [0.3, 0.4) is 0 Å². The second-order valence-electron chi connectivity index (χ2n) is 7.99. The number of carbonyl (C=O) groups is 1. The third-order valence-electron chi connectivity index (χ3n) is 5.71. The summed E-state index contributed by atoms with van der Waals surface area (Å²) < 4.78 is 10.8. The van der Waals surface area contributed by atoms with E-state index in [1.807, 2.05) is 43.3 Å². The Morgan fingerprint density at radius 3 is 2.52 bits per heavy atom. The van der Waals surface area contributed by atoms with Gasteiger partial charge in [-0.05, 0) is 49.8 Å². The average Bonchev–Trinajstić information content (AvgIpc) is 3.48. The van der Waals surface area contributed by atoms with Crippen molar-refractivity contribution >= 4 is 5.91 Å². The zero-order valence-electron chi connectivity index (χ0n) is 17.4. The smallest absolute Gasteiger partial charge is 0.273 e. The molecule has 6 heteroatoms. The number of aryl methyl sites for hydroxylation is 3. The molecular weight excluding hydrogens is 390 g/mol. The van der Waals surface area contributed by atoms with Crippen LogP contribution in [0.25, 0.3) is 22.6 Å². The van der Waals surface area contributed by atoms with Crippen LogP contribution in [-0.4, -0.2) is 16.2 Å². The molecule has 0 bridgehead atoms. The SMILES string of the molecule is Cc1ccc(-c2cc(CNC(=O)c3cc(-c4ccc5c(c4)CCCC5)on3)on2)cc1. The number of carbonyl (C=O) groups excluding carboxylic acids is 1. The van der Waals surface area contributed by atoms with Crippen LogP contribution >= 0.6 is 0 Å². The molecule has 6 nitrogen and oxygen atoms in total. The summed E-state index contributed by atoms with van der Waals surface area (Å²) in [7, 11) is 0. The predicted molar refractivity (Wildman–Crippen MR) is 116 cm³/mol. The highest BCUT2D eigenvalue weighted by atomic mass is 16.5. The van der Waals surface area contributed by atoms with Crippen LogP contribution in [0.4, 0.5) is 0 Å². The Morgan fingerprint density at radius 1 is 0.903 bits per heavy atom. The Morgan fingerprint density at radius 2 is 1.68 bits per heavy atom. The standard InChI is InChI=1S/C25H23N3O3/c1-16-6-8-18(9-7-16)22-13-21(30-27-22)15-26-25(29)23-14-24(31-28-23)20-11-10-17-4-2-3-5-19(17)12-20/h6-14H,2-5,15H2,1H3,(H,26,29). The Bertz CT molecular complexity index is 1220. The first kappa shape index (κ1) is 19.3. The summed E-state index contributed by atoms with van der Waals surface area (Å²) >= 11 is 0. The molecule has 0 fully saturated rings. The van der Waals surface area contributed by atoms with E-state index in [2.05, 4.69) is 27.8 Å². The highest BCUT2D eigenvalue weighted by Crippen LogP contribution is 2.28. The van der Waals surface area contributed by atoms with E-state index in [0.717, 1.165) is 29.7 Å². The molecular formula is C25H23N3O3. The zero-order chi connectivity index (χ0) is 21.2. The molecule has 1 amide bonds. The number of nitrogens with zero attached hydrogens (tertiary/aromatic N) is 2. The van der Waals surface area contributed by atoms with E-state index >= 15 is 0 Å². The van der Waals surface area contributed by atoms with Crippen LogP contribution in [0.1, 0.15) is 45.8 Å². The van der Waals surface area contributed by atoms with Gasteiger partial charge >= 0.3 is 0 Å². The lowest BCUT2D eigenvalue weighted by Gasteiger charge is -2.15. The van der Waals surface area contributed by atoms with E-state index in [1.165, 1.54) is 29.5 Å². The molecule has 4 aromatic rings. The Balaban J connectivity index is 1.24. The largest absolute Gasteiger partial charge is 0.359 e. The molecule has 0 aliphatic heterocycles. The van der Waals surface area contributed by atoms with Crippen LogP contribution in [0.5, 0.6) is 0 Å². The number of benzene rings is 2. The van der Waals surface area contributed by atoms with Gasteiger partial charge in [0.15, 0.2) is 17.2 Å². The molecule has 2 heterocycles. The van der Waals surface area contributed by atoms with Crippen molar-refractivity contribution < 1.29 is 13.8 Å². The number of amides is 1. The number of rotatable bonds is 5. The summed E-state index contributed by atoms with van der Waals surface area (Å²) in [6.45, 7) is 2.26. The molecule has 2 aromatic heterocycles. The average molecular weight is 413 g/mol. The van der Waals surface area contributed by atoms with Gasteiger partial charge in [-0.1, -0.05) is 52.3 Å². The summed E-state index contributed by atoms with van der Waals surface area (Å²) in [6.07, 6.45) is 4.68. The summed E-state index contributed by atoms with van der Waals surface area (Å²) in [5.41, 5.74) is 6.85. The van der Waals surface area contributed by atoms with E-state index in [0.29, 0.717) is 11.5 Å². The maximum atomic E-state index is 12.5. The van der Waals surface area contributed by atoms with Crippen LogP contribution in [0.15, 0.2) is 63.6 Å². The van der Waals surface area contributed by atoms with Crippen LogP contribution in [0, 0.1) is 6.92 Å². The third kappa shape index (κ3) is 4.14. The molecule has 2 aromatic carbocycles. The molecule has 0 saturated carbocycles. The van der Waals surface area contributed by atoms with Gasteiger partial charge < -0.3 is 14.4 Å². The highest BCUT2D eigenvalue weighted by Gasteiger charge is 2.17. The van der Waals surface area contributed by atoms with E-state index in [4.69, 9.17) is 9.05 Å². The quantitative estimate of drug-likeness (QED) is 0.491. The maximum Gasteiger partial charge on any atom is 0.273 e. The Hall–Kier alpha value is -3.67. The van der Waals surface area contributed by atoms with Crippen LogP contribution < -0.4 is 5.32 Å². The number of nitrogens with one attached hydrogen (secondary N) is 1. The van der Waals surface area contributed by atoms with Crippen molar-refractivity contribution in [2.45, 2.75) is 39.2 Å². The van der Waals surface area contributed by atoms with E-state index < -0.39 is 0 Å². The van der Waals surface area contributed by atoms with Gasteiger partial charge in [0.2, 0.25) is 0 Å². The van der Waals surface area contributed by atoms with Crippen molar-refractivity contribution in [3.05, 3.63) is 82.7 Å². The molecule has 0 saturated heterocycles. The minimum Gasteiger partial charge on any atom is -0.359 e. The van der Waals surface area contributed by atoms with Crippen molar-refractivity contribution in [2.24, 2.45) is 0 Å². The van der Waals surface area contributed by atoms with E-state index in [-0.39, 0.29) is 18.1 Å². The van der Waals surface area contributed by atoms with E-state index in [1.54, 1.807) is 6.07 Å². The van der Waals surface area contributed by atoms with Crippen molar-refractivity contribution in [1.82, 2.24) is 15.6 Å². The first-order valence-corrected chi connectivity index (χ1v) is 10.6. The Labute approximate surface area is 180 Å². The second-order valence-corrected chi connectivity index (χ2v) is 7.99. The van der Waals surface area contributed by atoms with Gasteiger partial charge in [0.1, 0.15) is 5.69 Å². The summed E-state index contributed by atoms with van der Waals surface area (Å²) in [4.78, 5) is 12.5. The fraction of sp³-hybridized carbons (Fsp3) is 0.240. The fourth-order valence-electron chi connectivity index (χ4n) is 3.92. The van der Waals surface area contributed by atoms with Crippen molar-refractivity contribution in [2.75, 3.05) is 0 Å². The lowest BCUT2D eigenvalue weighted by atomic mass is 9.90. The molecule has 31 heavy (non-hydrogen) atoms. The molecule has 156 valence electrons. The van der Waals surface area contributed by atoms with Crippen LogP contribution in [0.2, 0.25) is 0 Å². The molecule has 1 aliphatic carbocycles. The second kappa shape index (κ2) is 8.22. The summed E-state index contributed by atoms with van der Waals surface area (Å²) in [5.74, 6) is 0.850. The number of aromatic nitrogens is 2. The Kier molecular flexibility index (Phi) is 5.12. The monoisotopic (exact) mass is 413 g/mol. The van der Waals surface area contributed by atoms with Crippen molar-refractivity contribution in [1.29, 1.82) is 0 Å². The van der Waals surface area contributed by atoms with Crippen molar-refractivity contribution in [3.8, 4) is 22.6 Å². The molecule has 0 unspecified atom stereocenters. The molecule has 1 N–H and O–H groups in total. The topological polar surface area (TPSA) is 81.2 Å². The van der Waals surface area contributed by atoms with Gasteiger partial charge in [0.05, 0.1) is 6.54 Å². The van der Waals surface area contributed by atoms with Gasteiger partial charge in [-0.25, -0.2) is 0 Å². The summed E-state index contributed by atoms with van der Waals surface area (Å²) in [6, 6.07) is 17.9. The molecule has 0 atom stereocenters. The normalized spacial score (nSPS) is 13.1. The molecule has 0 radical (unpaired) electrons. The fourth-order valence-corrected chi connectivity index (χ4v) is 3.92. The first-order valence-electron chi connectivity index (χ1n) is 10.6. The molecule has 0 spiro atoms. The minimum atomic E-state index is -0.318. The van der Waals surface area contributed by atoms with Gasteiger partial charge in [0.25, 0.3) is 5.91 Å². The molecule has 1 aliphatic rings. The van der Waals surface area contributed by atoms with Gasteiger partial charge in [-0.3, -0.25) is 4.79 Å². The van der Waals surface area contributed by atoms with E-state index in [9.17, 15) is 4.79 Å². The first-order chi connectivity index (χ1) is 15.2. The third-order valence-corrected chi connectivity index (χ3v) is 5.71. The zero-order valence-corrected chi connectivity index (χ0v) is 17.4. The highest BCUT2D eigenvalue weighted by molar-refractivity contribution is 5.93. The van der Waals surface area contributed by atoms with Gasteiger partial charge in [-0.2, -0.15) is 0 Å². The lowest BCUT2D eigenvalue weighted by Crippen LogP contribution is -2.22. The molecule has 5 rings (SSSR count). The van der Waals surface area contributed by atoms with Crippen LogP contribution in [-0.2, 0) is 19.4 Å². The summed E-state index contributed by atoms with van der Waals surface area (Å²) in [5, 5.41) is 10.8. The minimum absolute atomic E-state index is 0.221. The van der Waals surface area contributed by atoms with Gasteiger partial charge in [-0.15, -0.1) is 0 Å². The predicted octanol–water partition coefficient (Wildman–Crippen LogP) is 5.11.